The van der Waals surface area contributed by atoms with Crippen LogP contribution in [0, 0.1) is 0 Å². The van der Waals surface area contributed by atoms with Gasteiger partial charge in [0.15, 0.2) is 0 Å². The fourth-order valence-electron chi connectivity index (χ4n) is 3.31. The number of para-hydroxylation sites is 1. The SMILES string of the molecule is COc1cc(N(C)C(=O)n2nnn(-c3c(Cl)cccc3Cl)c2=O)ccc1C(=O)OCc1ccccc1. The van der Waals surface area contributed by atoms with Gasteiger partial charge in [0.05, 0.1) is 17.2 Å². The van der Waals surface area contributed by atoms with Crippen LogP contribution in [-0.2, 0) is 11.3 Å². The summed E-state index contributed by atoms with van der Waals surface area (Å²) in [7, 11) is 2.82. The number of tetrazole rings is 1. The molecule has 0 unspecified atom stereocenters. The van der Waals surface area contributed by atoms with E-state index in [2.05, 4.69) is 10.4 Å². The van der Waals surface area contributed by atoms with E-state index in [9.17, 15) is 14.4 Å². The smallest absolute Gasteiger partial charge is 0.377 e. The van der Waals surface area contributed by atoms with Gasteiger partial charge in [-0.3, -0.25) is 4.90 Å². The molecule has 0 aliphatic rings. The van der Waals surface area contributed by atoms with Gasteiger partial charge in [-0.2, -0.15) is 4.68 Å². The number of anilines is 1. The Kier molecular flexibility index (Phi) is 7.37. The van der Waals surface area contributed by atoms with Crippen molar-refractivity contribution in [2.45, 2.75) is 6.61 Å². The Morgan fingerprint density at radius 1 is 0.972 bits per heavy atom. The van der Waals surface area contributed by atoms with E-state index in [1.807, 2.05) is 30.3 Å². The third kappa shape index (κ3) is 4.95. The molecule has 0 N–H and O–H groups in total. The molecule has 0 bridgehead atoms. The monoisotopic (exact) mass is 527 g/mol. The summed E-state index contributed by atoms with van der Waals surface area (Å²) in [4.78, 5) is 39.6. The van der Waals surface area contributed by atoms with Crippen LogP contribution in [0.4, 0.5) is 10.5 Å². The Morgan fingerprint density at radius 2 is 1.67 bits per heavy atom. The lowest BCUT2D eigenvalue weighted by Crippen LogP contribution is -2.39. The molecule has 0 fully saturated rings. The molecule has 0 atom stereocenters. The van der Waals surface area contributed by atoms with Crippen molar-refractivity contribution in [1.82, 2.24) is 19.8 Å². The molecule has 36 heavy (non-hydrogen) atoms. The van der Waals surface area contributed by atoms with Crippen molar-refractivity contribution in [1.29, 1.82) is 0 Å². The first-order valence-electron chi connectivity index (χ1n) is 10.5. The maximum Gasteiger partial charge on any atom is 0.377 e. The van der Waals surface area contributed by atoms with Crippen molar-refractivity contribution in [3.05, 3.63) is 98.4 Å². The number of ether oxygens (including phenoxy) is 2. The quantitative estimate of drug-likeness (QED) is 0.273. The van der Waals surface area contributed by atoms with E-state index in [1.165, 1.54) is 44.5 Å². The average Bonchev–Trinajstić information content (AvgIpc) is 3.27. The molecule has 0 spiro atoms. The van der Waals surface area contributed by atoms with Crippen molar-refractivity contribution in [3.8, 4) is 11.4 Å². The number of aromatic nitrogens is 4. The number of esters is 1. The molecule has 12 heteroatoms. The normalized spacial score (nSPS) is 10.7. The summed E-state index contributed by atoms with van der Waals surface area (Å²) in [5.41, 5.74) is 0.578. The number of nitrogens with zero attached hydrogens (tertiary/aromatic N) is 5. The van der Waals surface area contributed by atoms with Crippen LogP contribution >= 0.6 is 23.2 Å². The molecule has 1 aromatic heterocycles. The third-order valence-corrected chi connectivity index (χ3v) is 5.81. The van der Waals surface area contributed by atoms with E-state index in [0.717, 1.165) is 15.1 Å². The fraction of sp³-hybridized carbons (Fsp3) is 0.125. The summed E-state index contributed by atoms with van der Waals surface area (Å²) in [5, 5.41) is 7.73. The molecule has 1 heterocycles. The molecule has 184 valence electrons. The van der Waals surface area contributed by atoms with E-state index in [0.29, 0.717) is 10.4 Å². The Hall–Kier alpha value is -4.15. The first-order valence-corrected chi connectivity index (χ1v) is 11.2. The molecule has 3 aromatic carbocycles. The van der Waals surface area contributed by atoms with Crippen molar-refractivity contribution in [3.63, 3.8) is 0 Å². The number of hydrogen-bond donors (Lipinski definition) is 0. The lowest BCUT2D eigenvalue weighted by atomic mass is 10.1. The predicted octanol–water partition coefficient (Wildman–Crippen LogP) is 4.21. The number of carbonyl (C=O) groups is 2. The van der Waals surface area contributed by atoms with Gasteiger partial charge < -0.3 is 9.47 Å². The summed E-state index contributed by atoms with van der Waals surface area (Å²) in [6.07, 6.45) is 0. The van der Waals surface area contributed by atoms with Gasteiger partial charge >= 0.3 is 17.7 Å². The molecule has 4 aromatic rings. The van der Waals surface area contributed by atoms with Crippen molar-refractivity contribution < 1.29 is 19.1 Å². The number of halogens is 2. The summed E-state index contributed by atoms with van der Waals surface area (Å²) >= 11 is 12.3. The Balaban J connectivity index is 1.56. The van der Waals surface area contributed by atoms with E-state index < -0.39 is 17.7 Å². The van der Waals surface area contributed by atoms with E-state index in [-0.39, 0.29) is 33.7 Å². The molecule has 0 aliphatic heterocycles. The molecule has 10 nitrogen and oxygen atoms in total. The fourth-order valence-corrected chi connectivity index (χ4v) is 3.87. The number of amides is 1. The van der Waals surface area contributed by atoms with Crippen LogP contribution in [-0.4, -0.2) is 45.9 Å². The highest BCUT2D eigenvalue weighted by molar-refractivity contribution is 6.37. The zero-order chi connectivity index (χ0) is 25.8. The van der Waals surface area contributed by atoms with Crippen LogP contribution in [0.15, 0.2) is 71.5 Å². The van der Waals surface area contributed by atoms with Gasteiger partial charge in [-0.05, 0) is 40.3 Å². The minimum atomic E-state index is -0.866. The Labute approximate surface area is 215 Å². The van der Waals surface area contributed by atoms with Crippen LogP contribution in [0.2, 0.25) is 10.0 Å². The minimum absolute atomic E-state index is 0.0942. The van der Waals surface area contributed by atoms with Crippen LogP contribution < -0.4 is 15.3 Å². The highest BCUT2D eigenvalue weighted by Gasteiger charge is 2.24. The largest absolute Gasteiger partial charge is 0.496 e. The van der Waals surface area contributed by atoms with Gasteiger partial charge in [-0.1, -0.05) is 59.6 Å². The van der Waals surface area contributed by atoms with Crippen molar-refractivity contribution >= 4 is 40.9 Å². The zero-order valence-corrected chi connectivity index (χ0v) is 20.6. The standard InChI is InChI=1S/C24H19Cl2N5O5/c1-29(23(33)31-24(34)30(27-28-31)21-18(25)9-6-10-19(21)26)16-11-12-17(20(13-16)35-2)22(32)36-14-15-7-4-3-5-8-15/h3-13H,14H2,1-2H3. The number of methoxy groups -OCH3 is 1. The van der Waals surface area contributed by atoms with E-state index >= 15 is 0 Å². The second-order valence-electron chi connectivity index (χ2n) is 7.44. The summed E-state index contributed by atoms with van der Waals surface area (Å²) in [5.74, 6) is -0.406. The summed E-state index contributed by atoms with van der Waals surface area (Å²) in [6, 6.07) is 17.5. The summed E-state index contributed by atoms with van der Waals surface area (Å²) in [6.45, 7) is 0.0942. The lowest BCUT2D eigenvalue weighted by Gasteiger charge is -2.18. The third-order valence-electron chi connectivity index (χ3n) is 5.20. The highest BCUT2D eigenvalue weighted by Crippen LogP contribution is 2.28. The predicted molar refractivity (Wildman–Crippen MR) is 133 cm³/mol. The second-order valence-corrected chi connectivity index (χ2v) is 8.26. The van der Waals surface area contributed by atoms with Gasteiger partial charge in [0, 0.05) is 18.8 Å². The molecular formula is C24H19Cl2N5O5. The van der Waals surface area contributed by atoms with Gasteiger partial charge in [-0.25, -0.2) is 14.4 Å². The highest BCUT2D eigenvalue weighted by atomic mass is 35.5. The molecular weight excluding hydrogens is 509 g/mol. The molecule has 0 saturated carbocycles. The van der Waals surface area contributed by atoms with Crippen LogP contribution in [0.25, 0.3) is 5.69 Å². The number of carbonyl (C=O) groups excluding carboxylic acids is 2. The van der Waals surface area contributed by atoms with Crippen molar-refractivity contribution in [2.75, 3.05) is 19.1 Å². The van der Waals surface area contributed by atoms with Crippen LogP contribution in [0.3, 0.4) is 0 Å². The van der Waals surface area contributed by atoms with Gasteiger partial charge in [-0.15, -0.1) is 4.68 Å². The zero-order valence-electron chi connectivity index (χ0n) is 19.1. The van der Waals surface area contributed by atoms with Crippen LogP contribution in [0.1, 0.15) is 15.9 Å². The molecule has 0 radical (unpaired) electrons. The second kappa shape index (κ2) is 10.6. The molecule has 4 rings (SSSR count). The number of benzene rings is 3. The van der Waals surface area contributed by atoms with Crippen LogP contribution in [0.5, 0.6) is 5.75 Å². The molecule has 0 saturated heterocycles. The molecule has 1 amide bonds. The maximum atomic E-state index is 13.0. The minimum Gasteiger partial charge on any atom is -0.496 e. The van der Waals surface area contributed by atoms with E-state index in [4.69, 9.17) is 32.7 Å². The Morgan fingerprint density at radius 3 is 2.33 bits per heavy atom. The first kappa shape index (κ1) is 25.0. The average molecular weight is 528 g/mol. The molecule has 0 aliphatic carbocycles. The van der Waals surface area contributed by atoms with Gasteiger partial charge in [0.2, 0.25) is 0 Å². The first-order chi connectivity index (χ1) is 17.3. The lowest BCUT2D eigenvalue weighted by molar-refractivity contribution is 0.0469. The van der Waals surface area contributed by atoms with E-state index in [1.54, 1.807) is 6.07 Å². The van der Waals surface area contributed by atoms with Crippen molar-refractivity contribution in [2.24, 2.45) is 0 Å². The van der Waals surface area contributed by atoms with Gasteiger partial charge in [0.25, 0.3) is 0 Å². The van der Waals surface area contributed by atoms with Gasteiger partial charge in [0.1, 0.15) is 23.6 Å². The summed E-state index contributed by atoms with van der Waals surface area (Å²) < 4.78 is 12.1. The topological polar surface area (TPSA) is 109 Å². The Bertz CT molecular complexity index is 1470. The number of rotatable bonds is 6. The maximum absolute atomic E-state index is 13.0. The number of hydrogen-bond acceptors (Lipinski definition) is 7.